The van der Waals surface area contributed by atoms with Crippen LogP contribution in [0.5, 0.6) is 0 Å². The van der Waals surface area contributed by atoms with Gasteiger partial charge in [-0.05, 0) is 56.0 Å². The van der Waals surface area contributed by atoms with Crippen LogP contribution in [0, 0.1) is 0 Å². The predicted octanol–water partition coefficient (Wildman–Crippen LogP) is 2.84. The summed E-state index contributed by atoms with van der Waals surface area (Å²) >= 11 is 0. The second kappa shape index (κ2) is 8.61. The van der Waals surface area contributed by atoms with Crippen molar-refractivity contribution in [3.8, 4) is 11.5 Å². The zero-order chi connectivity index (χ0) is 22.9. The van der Waals surface area contributed by atoms with Crippen LogP contribution in [-0.2, 0) is 30.7 Å². The van der Waals surface area contributed by atoms with Crippen LogP contribution in [0.3, 0.4) is 0 Å². The van der Waals surface area contributed by atoms with Crippen molar-refractivity contribution in [2.45, 2.75) is 52.3 Å². The van der Waals surface area contributed by atoms with Gasteiger partial charge in [-0.2, -0.15) is 0 Å². The second-order valence-electron chi connectivity index (χ2n) is 8.50. The minimum atomic E-state index is -0.365. The largest absolute Gasteiger partial charge is 0.447 e. The van der Waals surface area contributed by atoms with Gasteiger partial charge in [0.25, 0.3) is 5.91 Å². The van der Waals surface area contributed by atoms with Gasteiger partial charge in [0.1, 0.15) is 23.0 Å². The van der Waals surface area contributed by atoms with Gasteiger partial charge in [0.2, 0.25) is 0 Å². The van der Waals surface area contributed by atoms with Crippen molar-refractivity contribution in [3.63, 3.8) is 0 Å². The number of nitrogens with one attached hydrogen (secondary N) is 1. The lowest BCUT2D eigenvalue weighted by Crippen LogP contribution is -2.37. The first kappa shape index (κ1) is 21.0. The Hall–Kier alpha value is -3.82. The van der Waals surface area contributed by atoms with E-state index in [1.165, 1.54) is 0 Å². The number of aromatic nitrogens is 5. The molecule has 33 heavy (non-hydrogen) atoms. The summed E-state index contributed by atoms with van der Waals surface area (Å²) in [6.45, 7) is 5.46. The van der Waals surface area contributed by atoms with Crippen molar-refractivity contribution in [1.82, 2.24) is 29.6 Å². The number of fused-ring (bicyclic) bond motifs is 2. The highest BCUT2D eigenvalue weighted by Crippen LogP contribution is 2.24. The lowest BCUT2D eigenvalue weighted by molar-refractivity contribution is 0.0729. The average Bonchev–Trinajstić information content (AvgIpc) is 3.42. The Morgan fingerprint density at radius 2 is 2.00 bits per heavy atom. The maximum Gasteiger partial charge on any atom is 0.410 e. The third-order valence-electron chi connectivity index (χ3n) is 5.75. The Labute approximate surface area is 191 Å². The van der Waals surface area contributed by atoms with Gasteiger partial charge in [0.05, 0.1) is 6.10 Å². The van der Waals surface area contributed by atoms with E-state index in [4.69, 9.17) is 4.74 Å². The van der Waals surface area contributed by atoms with E-state index in [0.29, 0.717) is 36.8 Å². The Kier molecular flexibility index (Phi) is 5.49. The first-order valence-electron chi connectivity index (χ1n) is 11.1. The number of carbonyl (C=O) groups is 2. The molecule has 2 amide bonds. The molecule has 2 aliphatic heterocycles. The lowest BCUT2D eigenvalue weighted by Gasteiger charge is -2.28. The van der Waals surface area contributed by atoms with Crippen LogP contribution >= 0.6 is 0 Å². The van der Waals surface area contributed by atoms with Crippen LogP contribution in [0.25, 0.3) is 11.5 Å². The van der Waals surface area contributed by atoms with Gasteiger partial charge in [0.15, 0.2) is 5.82 Å². The molecule has 0 spiro atoms. The fourth-order valence-corrected chi connectivity index (χ4v) is 4.14. The first-order chi connectivity index (χ1) is 16.0. The normalized spacial score (nSPS) is 14.7. The number of amides is 2. The highest BCUT2D eigenvalue weighted by molar-refractivity contribution is 6.02. The summed E-state index contributed by atoms with van der Waals surface area (Å²) in [5, 5.41) is 11.3. The van der Waals surface area contributed by atoms with E-state index in [-0.39, 0.29) is 23.8 Å². The fraction of sp³-hybridized carbons (Fsp3) is 0.391. The van der Waals surface area contributed by atoms with Crippen molar-refractivity contribution in [2.75, 3.05) is 11.9 Å². The van der Waals surface area contributed by atoms with E-state index in [1.807, 2.05) is 26.0 Å². The van der Waals surface area contributed by atoms with E-state index in [1.54, 1.807) is 23.2 Å². The number of hydrogen-bond donors (Lipinski definition) is 1. The molecule has 3 aromatic heterocycles. The van der Waals surface area contributed by atoms with E-state index in [2.05, 4.69) is 30.0 Å². The molecule has 0 radical (unpaired) electrons. The lowest BCUT2D eigenvalue weighted by atomic mass is 10.0. The molecule has 10 heteroatoms. The van der Waals surface area contributed by atoms with Crippen LogP contribution in [0.1, 0.15) is 47.7 Å². The van der Waals surface area contributed by atoms with Gasteiger partial charge < -0.3 is 19.5 Å². The molecule has 0 bridgehead atoms. The average molecular weight is 447 g/mol. The smallest absolute Gasteiger partial charge is 0.410 e. The van der Waals surface area contributed by atoms with Gasteiger partial charge in [-0.3, -0.25) is 9.78 Å². The van der Waals surface area contributed by atoms with Crippen molar-refractivity contribution < 1.29 is 14.3 Å². The van der Waals surface area contributed by atoms with E-state index >= 15 is 0 Å². The third kappa shape index (κ3) is 4.28. The SMILES string of the molecule is CC(C)OC(=O)N1CCc2cnc(C(=O)Nc3cccc(-c4nnc5n4CCC5)n3)cc2C1. The maximum absolute atomic E-state index is 12.9. The Balaban J connectivity index is 1.31. The van der Waals surface area contributed by atoms with Crippen molar-refractivity contribution in [1.29, 1.82) is 0 Å². The maximum atomic E-state index is 12.9. The number of ether oxygens (including phenoxy) is 1. The molecule has 10 nitrogen and oxygen atoms in total. The molecule has 0 atom stereocenters. The summed E-state index contributed by atoms with van der Waals surface area (Å²) in [5.74, 6) is 1.72. The van der Waals surface area contributed by atoms with Crippen molar-refractivity contribution in [2.24, 2.45) is 0 Å². The molecule has 2 aliphatic rings. The van der Waals surface area contributed by atoms with Gasteiger partial charge in [-0.1, -0.05) is 6.07 Å². The standard InChI is InChI=1S/C23H25N7O3/c1-14(2)33-23(32)29-10-8-15-12-24-18(11-16(15)13-29)22(31)26-19-6-3-5-17(25-19)21-28-27-20-7-4-9-30(20)21/h3,5-6,11-12,14H,4,7-10,13H2,1-2H3,(H,25,26,31). The molecule has 0 fully saturated rings. The quantitative estimate of drug-likeness (QED) is 0.654. The summed E-state index contributed by atoms with van der Waals surface area (Å²) < 4.78 is 7.37. The Bertz CT molecular complexity index is 1220. The van der Waals surface area contributed by atoms with Crippen LogP contribution in [0.15, 0.2) is 30.5 Å². The van der Waals surface area contributed by atoms with E-state index in [0.717, 1.165) is 36.3 Å². The molecule has 170 valence electrons. The molecule has 5 heterocycles. The Morgan fingerprint density at radius 3 is 2.85 bits per heavy atom. The number of pyridine rings is 2. The predicted molar refractivity (Wildman–Crippen MR) is 119 cm³/mol. The van der Waals surface area contributed by atoms with Crippen LogP contribution < -0.4 is 5.32 Å². The summed E-state index contributed by atoms with van der Waals surface area (Å²) in [6, 6.07) is 7.14. The van der Waals surface area contributed by atoms with Gasteiger partial charge >= 0.3 is 6.09 Å². The fourth-order valence-electron chi connectivity index (χ4n) is 4.14. The zero-order valence-electron chi connectivity index (χ0n) is 18.6. The monoisotopic (exact) mass is 447 g/mol. The van der Waals surface area contributed by atoms with Crippen LogP contribution in [0.2, 0.25) is 0 Å². The summed E-state index contributed by atoms with van der Waals surface area (Å²) in [4.78, 5) is 35.7. The van der Waals surface area contributed by atoms with Gasteiger partial charge in [-0.25, -0.2) is 9.78 Å². The molecule has 1 N–H and O–H groups in total. The third-order valence-corrected chi connectivity index (χ3v) is 5.75. The molecule has 0 saturated carbocycles. The zero-order valence-corrected chi connectivity index (χ0v) is 18.6. The molecule has 0 aliphatic carbocycles. The van der Waals surface area contributed by atoms with E-state index < -0.39 is 0 Å². The molecule has 0 saturated heterocycles. The highest BCUT2D eigenvalue weighted by atomic mass is 16.6. The molecule has 5 rings (SSSR count). The molecule has 0 unspecified atom stereocenters. The second-order valence-corrected chi connectivity index (χ2v) is 8.50. The summed E-state index contributed by atoms with van der Waals surface area (Å²) in [6.07, 6.45) is 3.81. The number of rotatable bonds is 4. The van der Waals surface area contributed by atoms with Crippen LogP contribution in [0.4, 0.5) is 10.6 Å². The molecule has 3 aromatic rings. The molecular formula is C23H25N7O3. The number of carbonyl (C=O) groups excluding carboxylic acids is 2. The Morgan fingerprint density at radius 1 is 1.12 bits per heavy atom. The highest BCUT2D eigenvalue weighted by Gasteiger charge is 2.24. The van der Waals surface area contributed by atoms with Gasteiger partial charge in [-0.15, -0.1) is 10.2 Å². The number of nitrogens with zero attached hydrogens (tertiary/aromatic N) is 6. The molecular weight excluding hydrogens is 422 g/mol. The van der Waals surface area contributed by atoms with E-state index in [9.17, 15) is 9.59 Å². The van der Waals surface area contributed by atoms with Crippen molar-refractivity contribution >= 4 is 17.8 Å². The number of anilines is 1. The topological polar surface area (TPSA) is 115 Å². The minimum Gasteiger partial charge on any atom is -0.447 e. The molecule has 0 aromatic carbocycles. The first-order valence-corrected chi connectivity index (χ1v) is 11.1. The van der Waals surface area contributed by atoms with Gasteiger partial charge in [0, 0.05) is 32.3 Å². The number of aryl methyl sites for hydroxylation is 1. The van der Waals surface area contributed by atoms with Crippen LogP contribution in [-0.4, -0.2) is 54.3 Å². The summed E-state index contributed by atoms with van der Waals surface area (Å²) in [5.41, 5.74) is 2.85. The van der Waals surface area contributed by atoms with Crippen molar-refractivity contribution in [3.05, 3.63) is 53.1 Å². The minimum absolute atomic E-state index is 0.181. The summed E-state index contributed by atoms with van der Waals surface area (Å²) in [7, 11) is 0. The number of hydrogen-bond acceptors (Lipinski definition) is 7.